The molecule has 3 aromatic carbocycles. The van der Waals surface area contributed by atoms with Crippen LogP contribution in [0, 0.1) is 0 Å². The summed E-state index contributed by atoms with van der Waals surface area (Å²) < 4.78 is 28.0. The summed E-state index contributed by atoms with van der Waals surface area (Å²) in [7, 11) is -3.64. The lowest BCUT2D eigenvalue weighted by Crippen LogP contribution is -2.56. The molecule has 1 heterocycles. The summed E-state index contributed by atoms with van der Waals surface area (Å²) in [5, 5.41) is 2.84. The van der Waals surface area contributed by atoms with E-state index in [1.165, 1.54) is 0 Å². The summed E-state index contributed by atoms with van der Waals surface area (Å²) in [5.74, 6) is -0.573. The van der Waals surface area contributed by atoms with Gasteiger partial charge in [-0.15, -0.1) is 0 Å². The van der Waals surface area contributed by atoms with Gasteiger partial charge in [-0.3, -0.25) is 9.59 Å². The summed E-state index contributed by atoms with van der Waals surface area (Å²) in [6.45, 7) is 5.56. The Labute approximate surface area is 224 Å². The van der Waals surface area contributed by atoms with Gasteiger partial charge in [-0.25, -0.2) is 13.1 Å². The third-order valence-electron chi connectivity index (χ3n) is 6.56. The number of carbonyl (C=O) groups excluding carboxylic acids is 2. The van der Waals surface area contributed by atoms with E-state index in [1.54, 1.807) is 49.9 Å². The van der Waals surface area contributed by atoms with Gasteiger partial charge >= 0.3 is 0 Å². The van der Waals surface area contributed by atoms with Crippen molar-refractivity contribution in [2.45, 2.75) is 56.6 Å². The van der Waals surface area contributed by atoms with E-state index in [0.29, 0.717) is 31.5 Å². The Morgan fingerprint density at radius 1 is 1.03 bits per heavy atom. The molecule has 1 aliphatic heterocycles. The Balaban J connectivity index is 1.63. The first kappa shape index (κ1) is 27.5. The molecule has 3 aromatic rings. The molecule has 0 aliphatic carbocycles. The maximum absolute atomic E-state index is 13.7. The minimum Gasteiger partial charge on any atom is -0.343 e. The smallest absolute Gasteiger partial charge is 0.249 e. The molecule has 0 radical (unpaired) electrons. The highest BCUT2D eigenvalue weighted by molar-refractivity contribution is 7.89. The van der Waals surface area contributed by atoms with Gasteiger partial charge in [0, 0.05) is 17.8 Å². The van der Waals surface area contributed by atoms with Crippen molar-refractivity contribution in [1.29, 1.82) is 0 Å². The van der Waals surface area contributed by atoms with Crippen molar-refractivity contribution in [3.63, 3.8) is 0 Å². The molecule has 4 N–H and O–H groups in total. The molecule has 4 rings (SSSR count). The minimum absolute atomic E-state index is 0.196. The zero-order valence-electron chi connectivity index (χ0n) is 21.9. The second-order valence-electron chi connectivity index (χ2n) is 10.0. The van der Waals surface area contributed by atoms with Crippen LogP contribution in [0.2, 0.25) is 0 Å². The van der Waals surface area contributed by atoms with E-state index in [9.17, 15) is 18.0 Å². The number of anilines is 1. The van der Waals surface area contributed by atoms with E-state index in [0.717, 1.165) is 22.4 Å². The molecule has 0 unspecified atom stereocenters. The van der Waals surface area contributed by atoms with Gasteiger partial charge < -0.3 is 16.0 Å². The molecule has 0 fully saturated rings. The van der Waals surface area contributed by atoms with Crippen molar-refractivity contribution < 1.29 is 18.0 Å². The van der Waals surface area contributed by atoms with Gasteiger partial charge in [0.1, 0.15) is 6.04 Å². The number of sulfonamides is 1. The lowest BCUT2D eigenvalue weighted by molar-refractivity contribution is -0.130. The van der Waals surface area contributed by atoms with Crippen LogP contribution in [-0.4, -0.2) is 38.4 Å². The molecular formula is C29H34N4O4S. The fourth-order valence-corrected chi connectivity index (χ4v) is 5.81. The number of fused-ring (bicyclic) bond motifs is 1. The van der Waals surface area contributed by atoms with Crippen LogP contribution in [0.4, 0.5) is 5.69 Å². The summed E-state index contributed by atoms with van der Waals surface area (Å²) in [6, 6.07) is 21.4. The van der Waals surface area contributed by atoms with Crippen LogP contribution in [0.1, 0.15) is 38.3 Å². The zero-order chi connectivity index (χ0) is 27.5. The predicted octanol–water partition coefficient (Wildman–Crippen LogP) is 3.35. The highest BCUT2D eigenvalue weighted by atomic mass is 32.2. The largest absolute Gasteiger partial charge is 0.343 e. The third kappa shape index (κ3) is 5.96. The van der Waals surface area contributed by atoms with Crippen molar-refractivity contribution in [3.05, 3.63) is 83.9 Å². The number of rotatable bonds is 8. The fraction of sp³-hybridized carbons (Fsp3) is 0.310. The molecule has 2 amide bonds. The fourth-order valence-electron chi connectivity index (χ4n) is 4.54. The Morgan fingerprint density at radius 3 is 2.37 bits per heavy atom. The van der Waals surface area contributed by atoms with Crippen LogP contribution < -0.4 is 20.7 Å². The Morgan fingerprint density at radius 2 is 1.68 bits per heavy atom. The van der Waals surface area contributed by atoms with Crippen LogP contribution >= 0.6 is 0 Å². The Hall–Kier alpha value is -3.53. The number of benzene rings is 3. The van der Waals surface area contributed by atoms with Crippen LogP contribution in [0.3, 0.4) is 0 Å². The van der Waals surface area contributed by atoms with Crippen molar-refractivity contribution >= 4 is 27.5 Å². The normalized spacial score (nSPS) is 16.1. The third-order valence-corrected chi connectivity index (χ3v) is 8.16. The quantitative estimate of drug-likeness (QED) is 0.409. The van der Waals surface area contributed by atoms with Crippen molar-refractivity contribution in [2.75, 3.05) is 11.4 Å². The van der Waals surface area contributed by atoms with Gasteiger partial charge in [-0.2, -0.15) is 0 Å². The first-order chi connectivity index (χ1) is 18.0. The average Bonchev–Trinajstić information content (AvgIpc) is 3.01. The van der Waals surface area contributed by atoms with Gasteiger partial charge in [-0.05, 0) is 55.5 Å². The van der Waals surface area contributed by atoms with Crippen molar-refractivity contribution in [2.24, 2.45) is 5.73 Å². The van der Waals surface area contributed by atoms with Gasteiger partial charge in [0.05, 0.1) is 17.0 Å². The molecule has 0 spiro atoms. The van der Waals surface area contributed by atoms with E-state index in [-0.39, 0.29) is 16.7 Å². The standard InChI is InChI=1S/C29H34N4O4S/c1-4-31-38(36,37)26-12-8-6-10-23(26)21-15-13-20(14-16-21)19-33-25-11-7-5-9-22(25)17-18-24(27(33)34)32-28(35)29(2,3)30/h5-16,24,31H,4,17-19,30H2,1-3H3,(H,32,35)/t24-/m1/s1. The molecule has 0 saturated carbocycles. The number of carbonyl (C=O) groups is 2. The van der Waals surface area contributed by atoms with E-state index in [4.69, 9.17) is 5.73 Å². The molecule has 200 valence electrons. The first-order valence-corrected chi connectivity index (χ1v) is 14.2. The van der Waals surface area contributed by atoms with E-state index >= 15 is 0 Å². The van der Waals surface area contributed by atoms with Gasteiger partial charge in [0.25, 0.3) is 0 Å². The van der Waals surface area contributed by atoms with Crippen LogP contribution in [-0.2, 0) is 32.6 Å². The molecule has 0 aromatic heterocycles. The molecule has 38 heavy (non-hydrogen) atoms. The number of nitrogens with two attached hydrogens (primary N) is 1. The Kier molecular flexibility index (Phi) is 8.01. The SMILES string of the molecule is CCNS(=O)(=O)c1ccccc1-c1ccc(CN2C(=O)[C@H](NC(=O)C(C)(C)N)CCc3ccccc32)cc1. The van der Waals surface area contributed by atoms with Crippen molar-refractivity contribution in [3.8, 4) is 11.1 Å². The number of amides is 2. The van der Waals surface area contributed by atoms with Gasteiger partial charge in [0.2, 0.25) is 21.8 Å². The monoisotopic (exact) mass is 534 g/mol. The second-order valence-corrected chi connectivity index (χ2v) is 11.8. The summed E-state index contributed by atoms with van der Waals surface area (Å²) >= 11 is 0. The van der Waals surface area contributed by atoms with Gasteiger partial charge in [-0.1, -0.05) is 67.6 Å². The number of aryl methyl sites for hydroxylation is 1. The molecule has 0 saturated heterocycles. The number of nitrogens with one attached hydrogen (secondary N) is 2. The molecule has 9 heteroatoms. The second kappa shape index (κ2) is 11.1. The van der Waals surface area contributed by atoms with E-state index in [1.807, 2.05) is 48.5 Å². The molecule has 1 aliphatic rings. The highest BCUT2D eigenvalue weighted by Crippen LogP contribution is 2.31. The minimum atomic E-state index is -3.64. The molecular weight excluding hydrogens is 500 g/mol. The molecule has 8 nitrogen and oxygen atoms in total. The predicted molar refractivity (Wildman–Crippen MR) is 149 cm³/mol. The first-order valence-electron chi connectivity index (χ1n) is 12.7. The van der Waals surface area contributed by atoms with Gasteiger partial charge in [0.15, 0.2) is 0 Å². The Bertz CT molecular complexity index is 1430. The topological polar surface area (TPSA) is 122 Å². The lowest BCUT2D eigenvalue weighted by atomic mass is 10.0. The summed E-state index contributed by atoms with van der Waals surface area (Å²) in [5.41, 5.74) is 8.93. The van der Waals surface area contributed by atoms with Crippen LogP contribution in [0.5, 0.6) is 0 Å². The van der Waals surface area contributed by atoms with Crippen LogP contribution in [0.15, 0.2) is 77.7 Å². The average molecular weight is 535 g/mol. The molecule has 0 bridgehead atoms. The van der Waals surface area contributed by atoms with E-state index in [2.05, 4.69) is 10.0 Å². The highest BCUT2D eigenvalue weighted by Gasteiger charge is 2.34. The number of nitrogens with zero attached hydrogens (tertiary/aromatic N) is 1. The summed E-state index contributed by atoms with van der Waals surface area (Å²) in [4.78, 5) is 28.2. The number of para-hydroxylation sites is 1. The number of hydrogen-bond donors (Lipinski definition) is 3. The maximum atomic E-state index is 13.7. The van der Waals surface area contributed by atoms with Crippen LogP contribution in [0.25, 0.3) is 11.1 Å². The molecule has 1 atom stereocenters. The number of hydrogen-bond acceptors (Lipinski definition) is 5. The zero-order valence-corrected chi connectivity index (χ0v) is 22.7. The summed E-state index contributed by atoms with van der Waals surface area (Å²) in [6.07, 6.45) is 1.12. The van der Waals surface area contributed by atoms with E-state index < -0.39 is 21.6 Å². The van der Waals surface area contributed by atoms with Crippen molar-refractivity contribution in [1.82, 2.24) is 10.0 Å². The lowest BCUT2D eigenvalue weighted by Gasteiger charge is -2.28. The maximum Gasteiger partial charge on any atom is 0.249 e.